The zero-order valence-electron chi connectivity index (χ0n) is 10.1. The molecule has 1 aromatic heterocycles. The highest BCUT2D eigenvalue weighted by Crippen LogP contribution is 2.23. The molecular weight excluding hydrogens is 184 g/mol. The van der Waals surface area contributed by atoms with Crippen LogP contribution in [0, 0.1) is 12.3 Å². The average molecular weight is 204 g/mol. The molecule has 0 spiro atoms. The van der Waals surface area contributed by atoms with Crippen LogP contribution in [0.15, 0.2) is 30.6 Å². The zero-order valence-corrected chi connectivity index (χ0v) is 10.1. The second kappa shape index (κ2) is 4.47. The van der Waals surface area contributed by atoms with Gasteiger partial charge in [0, 0.05) is 11.9 Å². The molecule has 0 radical (unpaired) electrons. The molecule has 0 fully saturated rings. The highest BCUT2D eigenvalue weighted by Gasteiger charge is 2.11. The van der Waals surface area contributed by atoms with Crippen molar-refractivity contribution in [3.8, 4) is 0 Å². The number of rotatable bonds is 3. The fraction of sp³-hybridized carbons (Fsp3) is 0.462. The van der Waals surface area contributed by atoms with Crippen molar-refractivity contribution in [2.45, 2.75) is 34.1 Å². The lowest BCUT2D eigenvalue weighted by Crippen LogP contribution is -2.11. The molecule has 0 unspecified atom stereocenters. The van der Waals surface area contributed by atoms with Crippen molar-refractivity contribution >= 4 is 5.82 Å². The summed E-state index contributed by atoms with van der Waals surface area (Å²) in [6, 6.07) is 4.02. The molecule has 0 amide bonds. The maximum Gasteiger partial charge on any atom is 0.130 e. The molecule has 0 aliphatic rings. The monoisotopic (exact) mass is 204 g/mol. The lowest BCUT2D eigenvalue weighted by molar-refractivity contribution is 0.411. The topological polar surface area (TPSA) is 24.9 Å². The molecule has 82 valence electrons. The minimum Gasteiger partial charge on any atom is -0.344 e. The van der Waals surface area contributed by atoms with Gasteiger partial charge in [0.05, 0.1) is 0 Å². The summed E-state index contributed by atoms with van der Waals surface area (Å²) >= 11 is 0. The van der Waals surface area contributed by atoms with Gasteiger partial charge in [0.1, 0.15) is 5.82 Å². The van der Waals surface area contributed by atoms with Crippen LogP contribution < -0.4 is 5.32 Å². The molecule has 2 nitrogen and oxygen atoms in total. The second-order valence-electron chi connectivity index (χ2n) is 5.19. The third-order valence-corrected chi connectivity index (χ3v) is 1.96. The van der Waals surface area contributed by atoms with Crippen LogP contribution in [0.5, 0.6) is 0 Å². The van der Waals surface area contributed by atoms with E-state index in [0.29, 0.717) is 0 Å². The molecule has 2 heteroatoms. The fourth-order valence-electron chi connectivity index (χ4n) is 1.41. The van der Waals surface area contributed by atoms with E-state index in [9.17, 15) is 0 Å². The number of allylic oxidation sites excluding steroid dienone is 1. The van der Waals surface area contributed by atoms with E-state index in [1.165, 1.54) is 5.56 Å². The summed E-state index contributed by atoms with van der Waals surface area (Å²) in [5.74, 6) is 0.870. The van der Waals surface area contributed by atoms with Crippen LogP contribution in [-0.4, -0.2) is 4.98 Å². The van der Waals surface area contributed by atoms with Crippen LogP contribution in [-0.2, 0) is 0 Å². The third-order valence-electron chi connectivity index (χ3n) is 1.96. The van der Waals surface area contributed by atoms with Gasteiger partial charge in [-0.3, -0.25) is 0 Å². The van der Waals surface area contributed by atoms with E-state index in [2.05, 4.69) is 37.7 Å². The Bertz CT molecular complexity index is 331. The quantitative estimate of drug-likeness (QED) is 0.811. The minimum atomic E-state index is 0.259. The third kappa shape index (κ3) is 4.63. The Morgan fingerprint density at radius 3 is 2.53 bits per heavy atom. The number of aromatic nitrogens is 1. The molecule has 1 aromatic rings. The molecule has 0 atom stereocenters. The molecule has 1 heterocycles. The Hall–Kier alpha value is -1.31. The van der Waals surface area contributed by atoms with E-state index in [1.807, 2.05) is 25.3 Å². The van der Waals surface area contributed by atoms with Crippen molar-refractivity contribution in [3.05, 3.63) is 36.2 Å². The molecule has 0 bridgehead atoms. The van der Waals surface area contributed by atoms with Gasteiger partial charge in [-0.05, 0) is 30.4 Å². The van der Waals surface area contributed by atoms with Crippen molar-refractivity contribution in [1.82, 2.24) is 4.98 Å². The van der Waals surface area contributed by atoms with E-state index >= 15 is 0 Å². The number of nitrogens with one attached hydrogen (secondary N) is 1. The average Bonchev–Trinajstić information content (AvgIpc) is 2.05. The van der Waals surface area contributed by atoms with Gasteiger partial charge in [-0.15, -0.1) is 0 Å². The second-order valence-corrected chi connectivity index (χ2v) is 5.19. The Morgan fingerprint density at radius 2 is 2.07 bits per heavy atom. The van der Waals surface area contributed by atoms with Crippen LogP contribution in [0.3, 0.4) is 0 Å². The number of anilines is 1. The van der Waals surface area contributed by atoms with Crippen molar-refractivity contribution in [2.75, 3.05) is 5.32 Å². The normalized spacial score (nSPS) is 11.2. The zero-order chi connectivity index (χ0) is 11.5. The van der Waals surface area contributed by atoms with Gasteiger partial charge >= 0.3 is 0 Å². The largest absolute Gasteiger partial charge is 0.344 e. The summed E-state index contributed by atoms with van der Waals surface area (Å²) in [5, 5.41) is 3.22. The van der Waals surface area contributed by atoms with Crippen molar-refractivity contribution < 1.29 is 0 Å². The minimum absolute atomic E-state index is 0.259. The predicted octanol–water partition coefficient (Wildman–Crippen LogP) is 3.75. The van der Waals surface area contributed by atoms with Gasteiger partial charge in [0.25, 0.3) is 0 Å². The van der Waals surface area contributed by atoms with Crippen molar-refractivity contribution in [2.24, 2.45) is 5.41 Å². The predicted molar refractivity (Wildman–Crippen MR) is 65.8 cm³/mol. The Balaban J connectivity index is 2.55. The SMILES string of the molecule is C=C(CC(C)(C)C)Nc1ccc(C)cn1. The van der Waals surface area contributed by atoms with Gasteiger partial charge in [0.2, 0.25) is 0 Å². The summed E-state index contributed by atoms with van der Waals surface area (Å²) in [7, 11) is 0. The van der Waals surface area contributed by atoms with Crippen LogP contribution in [0.25, 0.3) is 0 Å². The van der Waals surface area contributed by atoms with E-state index < -0.39 is 0 Å². The lowest BCUT2D eigenvalue weighted by atomic mass is 9.91. The van der Waals surface area contributed by atoms with Crippen LogP contribution in [0.2, 0.25) is 0 Å². The first-order chi connectivity index (χ1) is 6.87. The summed E-state index contributed by atoms with van der Waals surface area (Å²) in [4.78, 5) is 4.28. The summed E-state index contributed by atoms with van der Waals surface area (Å²) in [5.41, 5.74) is 2.44. The number of pyridine rings is 1. The standard InChI is InChI=1S/C13H20N2/c1-10-6-7-12(14-9-10)15-11(2)8-13(3,4)5/h6-7,9H,2,8H2,1,3-5H3,(H,14,15). The number of nitrogens with zero attached hydrogens (tertiary/aromatic N) is 1. The van der Waals surface area contributed by atoms with Gasteiger partial charge < -0.3 is 5.32 Å². The molecule has 1 rings (SSSR count). The first kappa shape index (κ1) is 11.8. The first-order valence-electron chi connectivity index (χ1n) is 5.24. The van der Waals surface area contributed by atoms with Crippen molar-refractivity contribution in [3.63, 3.8) is 0 Å². The maximum absolute atomic E-state index is 4.28. The first-order valence-corrected chi connectivity index (χ1v) is 5.24. The number of hydrogen-bond acceptors (Lipinski definition) is 2. The molecule has 0 aromatic carbocycles. The smallest absolute Gasteiger partial charge is 0.130 e. The van der Waals surface area contributed by atoms with Gasteiger partial charge in [-0.1, -0.05) is 33.4 Å². The van der Waals surface area contributed by atoms with Crippen LogP contribution in [0.4, 0.5) is 5.82 Å². The fourth-order valence-corrected chi connectivity index (χ4v) is 1.41. The maximum atomic E-state index is 4.28. The molecule has 0 saturated heterocycles. The Morgan fingerprint density at radius 1 is 1.40 bits per heavy atom. The number of hydrogen-bond donors (Lipinski definition) is 1. The summed E-state index contributed by atoms with van der Waals surface area (Å²) in [6.45, 7) is 12.6. The van der Waals surface area contributed by atoms with E-state index in [-0.39, 0.29) is 5.41 Å². The highest BCUT2D eigenvalue weighted by atomic mass is 15.0. The molecular formula is C13H20N2. The molecule has 0 saturated carbocycles. The molecule has 0 aliphatic carbocycles. The van der Waals surface area contributed by atoms with Crippen LogP contribution >= 0.6 is 0 Å². The lowest BCUT2D eigenvalue weighted by Gasteiger charge is -2.20. The molecule has 0 aliphatic heterocycles. The molecule has 15 heavy (non-hydrogen) atoms. The van der Waals surface area contributed by atoms with Gasteiger partial charge in [0.15, 0.2) is 0 Å². The Kier molecular flexibility index (Phi) is 3.51. The van der Waals surface area contributed by atoms with E-state index in [1.54, 1.807) is 0 Å². The van der Waals surface area contributed by atoms with Gasteiger partial charge in [-0.2, -0.15) is 0 Å². The summed E-state index contributed by atoms with van der Waals surface area (Å²) < 4.78 is 0. The number of aryl methyl sites for hydroxylation is 1. The van der Waals surface area contributed by atoms with Crippen molar-refractivity contribution in [1.29, 1.82) is 0 Å². The molecule has 1 N–H and O–H groups in total. The van der Waals surface area contributed by atoms with E-state index in [0.717, 1.165) is 17.9 Å². The Labute approximate surface area is 92.4 Å². The highest BCUT2D eigenvalue weighted by molar-refractivity contribution is 5.41. The van der Waals surface area contributed by atoms with Crippen LogP contribution in [0.1, 0.15) is 32.8 Å². The summed E-state index contributed by atoms with van der Waals surface area (Å²) in [6.07, 6.45) is 2.80. The van der Waals surface area contributed by atoms with Gasteiger partial charge in [-0.25, -0.2) is 4.98 Å². The van der Waals surface area contributed by atoms with E-state index in [4.69, 9.17) is 0 Å².